The van der Waals surface area contributed by atoms with Crippen molar-refractivity contribution in [2.75, 3.05) is 21.3 Å². The second kappa shape index (κ2) is 16.8. The molecule has 0 atom stereocenters. The van der Waals surface area contributed by atoms with Gasteiger partial charge in [0, 0.05) is 66.7 Å². The lowest BCUT2D eigenvalue weighted by Gasteiger charge is -2.58. The third-order valence-electron chi connectivity index (χ3n) is 15.7. The Labute approximate surface area is 418 Å². The average molecular weight is 956 g/mol. The van der Waals surface area contributed by atoms with Gasteiger partial charge in [0.2, 0.25) is 34.4 Å². The van der Waals surface area contributed by atoms with Crippen LogP contribution in [0.4, 0.5) is 46.5 Å². The maximum absolute atomic E-state index is 6.51. The zero-order valence-electron chi connectivity index (χ0n) is 38.5. The van der Waals surface area contributed by atoms with Crippen LogP contribution in [0, 0.1) is 92.7 Å². The molecular weight excluding hydrogens is 908 g/mol. The molecule has 4 aromatic carbocycles. The fraction of sp³-hybridized carbons (Fsp3) is 0.345. The minimum absolute atomic E-state index is 0.0671. The number of halogens is 2. The molecule has 10 nitrogen and oxygen atoms in total. The third kappa shape index (κ3) is 8.88. The molecule has 0 unspecified atom stereocenters. The molecule has 4 spiro atoms. The number of hydrogen-bond donors (Lipinski definition) is 4. The molecule has 8 saturated carbocycles. The fourth-order valence-corrected chi connectivity index (χ4v) is 14.4. The van der Waals surface area contributed by atoms with E-state index >= 15 is 0 Å². The molecule has 2 aromatic heterocycles. The Morgan fingerprint density at radius 3 is 0.886 bits per heavy atom. The summed E-state index contributed by atoms with van der Waals surface area (Å²) in [5.41, 5.74) is 6.70. The largest absolute Gasteiger partial charge is 0.324 e. The van der Waals surface area contributed by atoms with Gasteiger partial charge >= 0.3 is 0 Å². The topological polar surface area (TPSA) is 125 Å². The third-order valence-corrected chi connectivity index (χ3v) is 16.0. The van der Waals surface area contributed by atoms with Gasteiger partial charge in [0.05, 0.1) is 0 Å². The van der Waals surface area contributed by atoms with E-state index < -0.39 is 0 Å². The maximum atomic E-state index is 6.51. The molecule has 70 heavy (non-hydrogen) atoms. The van der Waals surface area contributed by atoms with Crippen molar-refractivity contribution < 1.29 is 0 Å². The molecule has 3 heterocycles. The molecule has 344 valence electrons. The van der Waals surface area contributed by atoms with Gasteiger partial charge in [-0.1, -0.05) is 71.6 Å². The SMILES string of the molecule is Clc1nc2nc(n1)Nc1cccc(c1)C#CC13CC4CC(C1)CC(C#Cc1cccc(c1)Nc1nc(Cl)nc(n1)Nc1cccc(c1)C#CC15CC6CC(CC(C#Cc7cccc(c7)N2)(C6)C1)C5)(C4)C3. The summed E-state index contributed by atoms with van der Waals surface area (Å²) in [5, 5.41) is 13.6. The first-order chi connectivity index (χ1) is 34.0. The van der Waals surface area contributed by atoms with Crippen LogP contribution in [-0.2, 0) is 0 Å². The highest BCUT2D eigenvalue weighted by Crippen LogP contribution is 2.66. The Balaban J connectivity index is 0.845. The number of rotatable bonds is 0. The highest BCUT2D eigenvalue weighted by molar-refractivity contribution is 6.28. The molecule has 12 heteroatoms. The van der Waals surface area contributed by atoms with Crippen molar-refractivity contribution in [3.05, 3.63) is 130 Å². The van der Waals surface area contributed by atoms with Crippen molar-refractivity contribution in [3.63, 3.8) is 0 Å². The van der Waals surface area contributed by atoms with Gasteiger partial charge in [-0.15, -0.1) is 0 Å². The first kappa shape index (κ1) is 43.0. The standard InChI is InChI=1S/C58H48Cl2N10/c59-49-65-51-61-45-9-1-5-37(23-45)13-17-55-27-41-21-42(28-55)30-56(29-41,35-55)18-14-38-7-3-11-47(25-38)63-53-67-50(60)68-54(70-53)64-48-12-4-8-40(26-48)16-20-58-33-43-22-44(34-58)32-57(31-43,36-58)19-15-39-6-2-10-46(24-39)62-52(66-49)69-51/h1-12,23-26,41-44H,21-22,27-36H2,(H2,61,62,65,66,69)(H2,63,64,67,68,70). The molecule has 9 aliphatic rings. The Morgan fingerprint density at radius 2 is 0.629 bits per heavy atom. The lowest BCUT2D eigenvalue weighted by molar-refractivity contribution is -0.0525. The van der Waals surface area contributed by atoms with Crippen LogP contribution >= 0.6 is 23.2 Å². The van der Waals surface area contributed by atoms with Crippen LogP contribution in [0.2, 0.25) is 10.6 Å². The van der Waals surface area contributed by atoms with Crippen molar-refractivity contribution in [2.24, 2.45) is 45.3 Å². The molecule has 8 fully saturated rings. The predicted octanol–water partition coefficient (Wildman–Crippen LogP) is 12.6. The maximum Gasteiger partial charge on any atom is 0.233 e. The van der Waals surface area contributed by atoms with Gasteiger partial charge in [0.25, 0.3) is 0 Å². The van der Waals surface area contributed by atoms with E-state index in [0.717, 1.165) is 109 Å². The van der Waals surface area contributed by atoms with Crippen LogP contribution in [-0.4, -0.2) is 29.9 Å². The Morgan fingerprint density at radius 1 is 0.371 bits per heavy atom. The van der Waals surface area contributed by atoms with Gasteiger partial charge in [0.1, 0.15) is 0 Å². The number of nitrogens with zero attached hydrogens (tertiary/aromatic N) is 6. The number of anilines is 8. The van der Waals surface area contributed by atoms with Crippen LogP contribution in [0.5, 0.6) is 0 Å². The Hall–Kier alpha value is -7.08. The highest BCUT2D eigenvalue weighted by atomic mass is 35.5. The first-order valence-corrected chi connectivity index (χ1v) is 25.2. The fourth-order valence-electron chi connectivity index (χ4n) is 14.1. The molecule has 15 rings (SSSR count). The van der Waals surface area contributed by atoms with Crippen LogP contribution in [0.15, 0.2) is 97.1 Å². The van der Waals surface area contributed by atoms with Gasteiger partial charge in [-0.3, -0.25) is 0 Å². The number of aromatic nitrogens is 6. The number of benzene rings is 4. The van der Waals surface area contributed by atoms with E-state index in [4.69, 9.17) is 33.2 Å². The van der Waals surface area contributed by atoms with E-state index in [-0.39, 0.29) is 32.2 Å². The first-order valence-electron chi connectivity index (χ1n) is 24.5. The summed E-state index contributed by atoms with van der Waals surface area (Å²) in [7, 11) is 0. The van der Waals surface area contributed by atoms with Crippen LogP contribution < -0.4 is 21.3 Å². The molecule has 0 radical (unpaired) electrons. The lowest BCUT2D eigenvalue weighted by Crippen LogP contribution is -2.50. The number of nitrogens with one attached hydrogen (secondary N) is 4. The smallest absolute Gasteiger partial charge is 0.233 e. The van der Waals surface area contributed by atoms with E-state index in [2.05, 4.69) is 113 Å². The summed E-state index contributed by atoms with van der Waals surface area (Å²) in [4.78, 5) is 27.1. The van der Waals surface area contributed by atoms with Crippen molar-refractivity contribution in [2.45, 2.75) is 77.0 Å². The van der Waals surface area contributed by atoms with E-state index in [9.17, 15) is 0 Å². The zero-order chi connectivity index (χ0) is 46.9. The molecule has 0 saturated heterocycles. The van der Waals surface area contributed by atoms with Gasteiger partial charge in [-0.05, 0) is 197 Å². The van der Waals surface area contributed by atoms with Gasteiger partial charge < -0.3 is 21.3 Å². The van der Waals surface area contributed by atoms with Gasteiger partial charge in [0.15, 0.2) is 0 Å². The average Bonchev–Trinajstić information content (AvgIpc) is 3.31. The summed E-state index contributed by atoms with van der Waals surface area (Å²) in [6, 6.07) is 32.4. The predicted molar refractivity (Wildman–Crippen MR) is 275 cm³/mol. The van der Waals surface area contributed by atoms with E-state index in [1.807, 2.05) is 72.8 Å². The van der Waals surface area contributed by atoms with E-state index in [0.29, 0.717) is 47.5 Å². The van der Waals surface area contributed by atoms with Crippen molar-refractivity contribution in [1.29, 1.82) is 0 Å². The van der Waals surface area contributed by atoms with Crippen LogP contribution in [0.25, 0.3) is 0 Å². The molecule has 20 bridgehead atoms. The van der Waals surface area contributed by atoms with E-state index in [1.165, 1.54) is 12.8 Å². The second-order valence-corrected chi connectivity index (χ2v) is 22.0. The molecule has 4 N–H and O–H groups in total. The summed E-state index contributed by atoms with van der Waals surface area (Å²) in [6.45, 7) is 0. The summed E-state index contributed by atoms with van der Waals surface area (Å²) in [5.74, 6) is 33.6. The summed E-state index contributed by atoms with van der Waals surface area (Å²) in [6.07, 6.45) is 13.5. The van der Waals surface area contributed by atoms with Crippen LogP contribution in [0.3, 0.4) is 0 Å². The molecule has 8 aliphatic carbocycles. The zero-order valence-corrected chi connectivity index (χ0v) is 40.0. The quantitative estimate of drug-likeness (QED) is 0.109. The van der Waals surface area contributed by atoms with Crippen molar-refractivity contribution >= 4 is 69.7 Å². The van der Waals surface area contributed by atoms with E-state index in [1.54, 1.807) is 0 Å². The summed E-state index contributed by atoms with van der Waals surface area (Å²) >= 11 is 13.0. The van der Waals surface area contributed by atoms with Crippen molar-refractivity contribution in [1.82, 2.24) is 29.9 Å². The lowest BCUT2D eigenvalue weighted by atomic mass is 9.44. The minimum Gasteiger partial charge on any atom is -0.324 e. The van der Waals surface area contributed by atoms with Gasteiger partial charge in [-0.25, -0.2) is 0 Å². The minimum atomic E-state index is -0.0671. The molecule has 6 aromatic rings. The monoisotopic (exact) mass is 954 g/mol. The molecule has 1 aliphatic heterocycles. The Bertz CT molecular complexity index is 2940. The second-order valence-electron chi connectivity index (χ2n) is 21.4. The van der Waals surface area contributed by atoms with Gasteiger partial charge in [-0.2, -0.15) is 29.9 Å². The normalized spacial score (nSPS) is 29.3. The molecular formula is C58H48Cl2N10. The number of fused-ring (bicyclic) bond motifs is 12. The van der Waals surface area contributed by atoms with Crippen LogP contribution in [0.1, 0.15) is 99.3 Å². The summed E-state index contributed by atoms with van der Waals surface area (Å²) < 4.78 is 0. The Kier molecular flexibility index (Phi) is 10.3. The molecule has 0 amide bonds. The highest BCUT2D eigenvalue weighted by Gasteiger charge is 2.58. The van der Waals surface area contributed by atoms with Crippen molar-refractivity contribution in [3.8, 4) is 47.4 Å². The number of hydrogen-bond acceptors (Lipinski definition) is 10.